The topological polar surface area (TPSA) is 78.5 Å². The van der Waals surface area contributed by atoms with Crippen LogP contribution in [0, 0.1) is 0 Å². The molecular weight excluding hydrogens is 294 g/mol. The number of hydrogen-bond acceptors (Lipinski definition) is 3. The lowest BCUT2D eigenvalue weighted by Gasteiger charge is -2.13. The molecule has 4 amide bonds. The van der Waals surface area contributed by atoms with Crippen molar-refractivity contribution in [1.82, 2.24) is 15.5 Å². The third-order valence-electron chi connectivity index (χ3n) is 3.83. The van der Waals surface area contributed by atoms with E-state index in [-0.39, 0.29) is 18.4 Å². The quantitative estimate of drug-likeness (QED) is 0.563. The molecule has 23 heavy (non-hydrogen) atoms. The average molecular weight is 317 g/mol. The number of nitrogens with zero attached hydrogens (tertiary/aromatic N) is 1. The van der Waals surface area contributed by atoms with Gasteiger partial charge in [-0.05, 0) is 24.8 Å². The molecule has 1 atom stereocenters. The highest BCUT2D eigenvalue weighted by Gasteiger charge is 2.38. The molecule has 0 radical (unpaired) electrons. The second-order valence-corrected chi connectivity index (χ2v) is 5.65. The van der Waals surface area contributed by atoms with E-state index in [9.17, 15) is 14.4 Å². The van der Waals surface area contributed by atoms with Gasteiger partial charge in [-0.25, -0.2) is 4.79 Å². The van der Waals surface area contributed by atoms with Crippen LogP contribution in [-0.4, -0.2) is 41.9 Å². The van der Waals surface area contributed by atoms with Crippen molar-refractivity contribution in [2.45, 2.75) is 38.6 Å². The molecular formula is C17H23N3O3. The Labute approximate surface area is 136 Å². The van der Waals surface area contributed by atoms with E-state index in [1.165, 1.54) is 0 Å². The first-order chi connectivity index (χ1) is 11.1. The molecule has 1 aliphatic heterocycles. The number of aryl methyl sites for hydroxylation is 1. The summed E-state index contributed by atoms with van der Waals surface area (Å²) in [5, 5.41) is 5.37. The number of carbonyl (C=O) groups excluding carboxylic acids is 3. The van der Waals surface area contributed by atoms with Gasteiger partial charge in [-0.15, -0.1) is 0 Å². The third kappa shape index (κ3) is 4.81. The number of hydrogen-bond donors (Lipinski definition) is 2. The fraction of sp³-hybridized carbons (Fsp3) is 0.471. The van der Waals surface area contributed by atoms with Gasteiger partial charge in [0.1, 0.15) is 12.6 Å². The Hall–Kier alpha value is -2.37. The standard InChI is InChI=1S/C17H23N3O3/c1-2-3-11-18-15(21)12-20-16(22)14(19-17(20)23)10-9-13-7-5-4-6-8-13/h4-8,14H,2-3,9-12H2,1H3,(H,18,21)(H,19,23)/t14-/m0/s1. The number of amides is 4. The molecule has 0 spiro atoms. The number of unbranched alkanes of at least 4 members (excludes halogenated alkanes) is 1. The van der Waals surface area contributed by atoms with Crippen LogP contribution in [0.5, 0.6) is 0 Å². The largest absolute Gasteiger partial charge is 0.355 e. The number of rotatable bonds is 8. The fourth-order valence-electron chi connectivity index (χ4n) is 2.48. The van der Waals surface area contributed by atoms with Crippen LogP contribution in [-0.2, 0) is 16.0 Å². The summed E-state index contributed by atoms with van der Waals surface area (Å²) in [5.74, 6) is -0.623. The molecule has 1 aromatic rings. The van der Waals surface area contributed by atoms with E-state index in [2.05, 4.69) is 10.6 Å². The van der Waals surface area contributed by atoms with E-state index >= 15 is 0 Å². The molecule has 0 unspecified atom stereocenters. The Morgan fingerprint density at radius 2 is 2.00 bits per heavy atom. The lowest BCUT2D eigenvalue weighted by atomic mass is 10.1. The molecule has 0 bridgehead atoms. The minimum Gasteiger partial charge on any atom is -0.355 e. The van der Waals surface area contributed by atoms with Crippen LogP contribution >= 0.6 is 0 Å². The van der Waals surface area contributed by atoms with Gasteiger partial charge < -0.3 is 10.6 Å². The van der Waals surface area contributed by atoms with Gasteiger partial charge in [0.25, 0.3) is 5.91 Å². The van der Waals surface area contributed by atoms with Gasteiger partial charge in [-0.1, -0.05) is 43.7 Å². The number of benzene rings is 1. The van der Waals surface area contributed by atoms with Crippen molar-refractivity contribution >= 4 is 17.8 Å². The normalized spacial score (nSPS) is 17.3. The monoisotopic (exact) mass is 317 g/mol. The highest BCUT2D eigenvalue weighted by Crippen LogP contribution is 2.12. The summed E-state index contributed by atoms with van der Waals surface area (Å²) in [5.41, 5.74) is 1.12. The number of carbonyl (C=O) groups is 3. The Kier molecular flexibility index (Phi) is 6.14. The number of nitrogens with one attached hydrogen (secondary N) is 2. The molecule has 2 N–H and O–H groups in total. The van der Waals surface area contributed by atoms with Gasteiger partial charge in [0.05, 0.1) is 0 Å². The molecule has 1 heterocycles. The summed E-state index contributed by atoms with van der Waals surface area (Å²) in [6, 6.07) is 8.75. The van der Waals surface area contributed by atoms with Gasteiger partial charge in [0.15, 0.2) is 0 Å². The van der Waals surface area contributed by atoms with Crippen molar-refractivity contribution < 1.29 is 14.4 Å². The molecule has 6 nitrogen and oxygen atoms in total. The lowest BCUT2D eigenvalue weighted by Crippen LogP contribution is -2.41. The summed E-state index contributed by atoms with van der Waals surface area (Å²) < 4.78 is 0. The van der Waals surface area contributed by atoms with E-state index in [1.807, 2.05) is 37.3 Å². The van der Waals surface area contributed by atoms with Crippen LogP contribution in [0.1, 0.15) is 31.7 Å². The van der Waals surface area contributed by atoms with Gasteiger partial charge in [-0.3, -0.25) is 14.5 Å². The molecule has 2 rings (SSSR count). The zero-order chi connectivity index (χ0) is 16.7. The predicted molar refractivity (Wildman–Crippen MR) is 86.7 cm³/mol. The Morgan fingerprint density at radius 3 is 2.70 bits per heavy atom. The van der Waals surface area contributed by atoms with E-state index < -0.39 is 12.1 Å². The predicted octanol–water partition coefficient (Wildman–Crippen LogP) is 1.46. The SMILES string of the molecule is CCCCNC(=O)CN1C(=O)N[C@@H](CCc2ccccc2)C1=O. The van der Waals surface area contributed by atoms with Gasteiger partial charge in [0, 0.05) is 6.54 Å². The molecule has 1 saturated heterocycles. The Balaban J connectivity index is 1.83. The molecule has 0 aromatic heterocycles. The van der Waals surface area contributed by atoms with Crippen molar-refractivity contribution in [3.05, 3.63) is 35.9 Å². The molecule has 1 aromatic carbocycles. The molecule has 1 aliphatic rings. The third-order valence-corrected chi connectivity index (χ3v) is 3.83. The minimum absolute atomic E-state index is 0.212. The average Bonchev–Trinajstić information content (AvgIpc) is 2.82. The van der Waals surface area contributed by atoms with Crippen LogP contribution in [0.15, 0.2) is 30.3 Å². The first kappa shape index (κ1) is 17.0. The van der Waals surface area contributed by atoms with Crippen LogP contribution in [0.3, 0.4) is 0 Å². The summed E-state index contributed by atoms with van der Waals surface area (Å²) in [4.78, 5) is 36.9. The highest BCUT2D eigenvalue weighted by atomic mass is 16.2. The van der Waals surface area contributed by atoms with Crippen LogP contribution in [0.25, 0.3) is 0 Å². The minimum atomic E-state index is -0.550. The molecule has 6 heteroatoms. The van der Waals surface area contributed by atoms with E-state index in [0.717, 1.165) is 23.3 Å². The summed E-state index contributed by atoms with van der Waals surface area (Å²) in [6.07, 6.45) is 3.09. The van der Waals surface area contributed by atoms with Crippen molar-refractivity contribution in [3.8, 4) is 0 Å². The second-order valence-electron chi connectivity index (χ2n) is 5.65. The van der Waals surface area contributed by atoms with Crippen molar-refractivity contribution in [2.24, 2.45) is 0 Å². The Morgan fingerprint density at radius 1 is 1.26 bits per heavy atom. The van der Waals surface area contributed by atoms with E-state index in [1.54, 1.807) is 0 Å². The summed E-state index contributed by atoms with van der Waals surface area (Å²) in [6.45, 7) is 2.38. The van der Waals surface area contributed by atoms with E-state index in [4.69, 9.17) is 0 Å². The lowest BCUT2D eigenvalue weighted by molar-refractivity contribution is -0.132. The van der Waals surface area contributed by atoms with Crippen molar-refractivity contribution in [2.75, 3.05) is 13.1 Å². The van der Waals surface area contributed by atoms with Crippen LogP contribution in [0.2, 0.25) is 0 Å². The maximum Gasteiger partial charge on any atom is 0.325 e. The first-order valence-corrected chi connectivity index (χ1v) is 8.04. The summed E-state index contributed by atoms with van der Waals surface area (Å²) in [7, 11) is 0. The maximum absolute atomic E-state index is 12.3. The van der Waals surface area contributed by atoms with Crippen LogP contribution < -0.4 is 10.6 Å². The molecule has 0 aliphatic carbocycles. The summed E-state index contributed by atoms with van der Waals surface area (Å²) >= 11 is 0. The molecule has 1 fully saturated rings. The van der Waals surface area contributed by atoms with Gasteiger partial charge >= 0.3 is 6.03 Å². The first-order valence-electron chi connectivity index (χ1n) is 8.04. The smallest absolute Gasteiger partial charge is 0.325 e. The zero-order valence-electron chi connectivity index (χ0n) is 13.4. The number of urea groups is 1. The van der Waals surface area contributed by atoms with Gasteiger partial charge in [0.2, 0.25) is 5.91 Å². The van der Waals surface area contributed by atoms with Crippen molar-refractivity contribution in [3.63, 3.8) is 0 Å². The van der Waals surface area contributed by atoms with Crippen molar-refractivity contribution in [1.29, 1.82) is 0 Å². The van der Waals surface area contributed by atoms with E-state index in [0.29, 0.717) is 19.4 Å². The fourth-order valence-corrected chi connectivity index (χ4v) is 2.48. The number of imide groups is 1. The maximum atomic E-state index is 12.3. The Bertz CT molecular complexity index is 559. The zero-order valence-corrected chi connectivity index (χ0v) is 13.4. The molecule has 0 saturated carbocycles. The highest BCUT2D eigenvalue weighted by molar-refractivity contribution is 6.06. The molecule has 124 valence electrons. The second kappa shape index (κ2) is 8.31. The van der Waals surface area contributed by atoms with Gasteiger partial charge in [-0.2, -0.15) is 0 Å². The van der Waals surface area contributed by atoms with Crippen LogP contribution in [0.4, 0.5) is 4.79 Å².